The van der Waals surface area contributed by atoms with Crippen molar-refractivity contribution in [1.82, 2.24) is 10.3 Å². The molecule has 4 heteroatoms. The Morgan fingerprint density at radius 2 is 2.25 bits per heavy atom. The summed E-state index contributed by atoms with van der Waals surface area (Å²) < 4.78 is 1.03. The minimum absolute atomic E-state index is 0.550. The van der Waals surface area contributed by atoms with Gasteiger partial charge in [0, 0.05) is 41.7 Å². The van der Waals surface area contributed by atoms with Crippen LogP contribution in [-0.4, -0.2) is 30.7 Å². The summed E-state index contributed by atoms with van der Waals surface area (Å²) in [5.41, 5.74) is 2.35. The lowest BCUT2D eigenvalue weighted by molar-refractivity contribution is 0.369. The fourth-order valence-corrected chi connectivity index (χ4v) is 3.17. The van der Waals surface area contributed by atoms with E-state index in [-0.39, 0.29) is 0 Å². The molecule has 0 aliphatic carbocycles. The van der Waals surface area contributed by atoms with Crippen LogP contribution in [0.25, 0.3) is 10.9 Å². The number of nitrogens with one attached hydrogen (secondary N) is 1. The van der Waals surface area contributed by atoms with Crippen molar-refractivity contribution in [1.29, 1.82) is 0 Å². The van der Waals surface area contributed by atoms with Crippen LogP contribution in [0.15, 0.2) is 34.9 Å². The van der Waals surface area contributed by atoms with Crippen molar-refractivity contribution in [2.24, 2.45) is 5.92 Å². The van der Waals surface area contributed by atoms with Gasteiger partial charge in [-0.3, -0.25) is 4.98 Å². The van der Waals surface area contributed by atoms with Crippen LogP contribution in [0, 0.1) is 5.92 Å². The first-order chi connectivity index (χ1) is 9.65. The van der Waals surface area contributed by atoms with Crippen LogP contribution in [0.1, 0.15) is 13.8 Å². The van der Waals surface area contributed by atoms with Gasteiger partial charge in [-0.05, 0) is 34.0 Å². The normalized spacial score (nSPS) is 19.8. The Morgan fingerprint density at radius 1 is 1.40 bits per heavy atom. The molecule has 1 unspecified atom stereocenters. The quantitative estimate of drug-likeness (QED) is 0.912. The van der Waals surface area contributed by atoms with Crippen LogP contribution < -0.4 is 10.2 Å². The van der Waals surface area contributed by atoms with Crippen LogP contribution in [0.4, 0.5) is 5.69 Å². The molecule has 1 aromatic heterocycles. The Hall–Kier alpha value is -1.13. The molecule has 20 heavy (non-hydrogen) atoms. The van der Waals surface area contributed by atoms with Gasteiger partial charge in [-0.25, -0.2) is 0 Å². The van der Waals surface area contributed by atoms with Crippen molar-refractivity contribution < 1.29 is 0 Å². The number of rotatable bonds is 2. The van der Waals surface area contributed by atoms with Gasteiger partial charge in [0.15, 0.2) is 0 Å². The van der Waals surface area contributed by atoms with Gasteiger partial charge >= 0.3 is 0 Å². The minimum Gasteiger partial charge on any atom is -0.367 e. The van der Waals surface area contributed by atoms with Gasteiger partial charge in [0.1, 0.15) is 0 Å². The molecule has 3 rings (SSSR count). The summed E-state index contributed by atoms with van der Waals surface area (Å²) in [5.74, 6) is 0.648. The summed E-state index contributed by atoms with van der Waals surface area (Å²) in [7, 11) is 0. The van der Waals surface area contributed by atoms with Crippen molar-refractivity contribution in [2.45, 2.75) is 19.9 Å². The van der Waals surface area contributed by atoms with Crippen molar-refractivity contribution in [3.05, 3.63) is 34.9 Å². The number of anilines is 1. The number of nitrogens with zero attached hydrogens (tertiary/aromatic N) is 2. The maximum Gasteiger partial charge on any atom is 0.0936 e. The average molecular weight is 334 g/mol. The molecule has 3 nitrogen and oxygen atoms in total. The predicted octanol–water partition coefficient (Wildman–Crippen LogP) is 3.43. The number of pyridine rings is 1. The standard InChI is InChI=1S/C16H20BrN3/c1-11(2)14-10-20(7-6-18-14)15-5-3-4-12-8-13(17)9-19-16(12)15/h3-5,8-9,11,14,18H,6-7,10H2,1-2H3. The molecule has 106 valence electrons. The van der Waals surface area contributed by atoms with E-state index in [1.165, 1.54) is 11.1 Å². The van der Waals surface area contributed by atoms with E-state index in [0.29, 0.717) is 12.0 Å². The summed E-state index contributed by atoms with van der Waals surface area (Å²) in [5, 5.41) is 4.80. The van der Waals surface area contributed by atoms with Gasteiger partial charge in [0.05, 0.1) is 11.2 Å². The lowest BCUT2D eigenvalue weighted by atomic mass is 10.0. The molecule has 1 aromatic carbocycles. The maximum absolute atomic E-state index is 4.62. The Morgan fingerprint density at radius 3 is 3.05 bits per heavy atom. The van der Waals surface area contributed by atoms with Crippen LogP contribution in [0.5, 0.6) is 0 Å². The van der Waals surface area contributed by atoms with E-state index in [4.69, 9.17) is 0 Å². The van der Waals surface area contributed by atoms with Crippen LogP contribution in [0.3, 0.4) is 0 Å². The zero-order valence-electron chi connectivity index (χ0n) is 11.9. The summed E-state index contributed by atoms with van der Waals surface area (Å²) in [6.45, 7) is 7.68. The highest BCUT2D eigenvalue weighted by Crippen LogP contribution is 2.28. The Balaban J connectivity index is 1.97. The molecule has 0 bridgehead atoms. The molecule has 2 heterocycles. The summed E-state index contributed by atoms with van der Waals surface area (Å²) in [6, 6.07) is 9.12. The van der Waals surface area contributed by atoms with E-state index in [9.17, 15) is 0 Å². The molecule has 0 radical (unpaired) electrons. The predicted molar refractivity (Wildman–Crippen MR) is 88.3 cm³/mol. The molecule has 0 saturated carbocycles. The van der Waals surface area contributed by atoms with E-state index in [2.05, 4.69) is 69.2 Å². The molecule has 1 saturated heterocycles. The second kappa shape index (κ2) is 5.70. The second-order valence-electron chi connectivity index (χ2n) is 5.75. The van der Waals surface area contributed by atoms with E-state index < -0.39 is 0 Å². The number of aromatic nitrogens is 1. The number of piperazine rings is 1. The zero-order valence-corrected chi connectivity index (χ0v) is 13.5. The van der Waals surface area contributed by atoms with Gasteiger partial charge < -0.3 is 10.2 Å². The smallest absolute Gasteiger partial charge is 0.0936 e. The van der Waals surface area contributed by atoms with Gasteiger partial charge in [-0.15, -0.1) is 0 Å². The number of hydrogen-bond acceptors (Lipinski definition) is 3. The highest BCUT2D eigenvalue weighted by molar-refractivity contribution is 9.10. The highest BCUT2D eigenvalue weighted by atomic mass is 79.9. The lowest BCUT2D eigenvalue weighted by Gasteiger charge is -2.37. The third-order valence-corrected chi connectivity index (χ3v) is 4.44. The molecule has 1 N–H and O–H groups in total. The molecule has 1 fully saturated rings. The van der Waals surface area contributed by atoms with Crippen molar-refractivity contribution in [2.75, 3.05) is 24.5 Å². The maximum atomic E-state index is 4.62. The van der Waals surface area contributed by atoms with Crippen LogP contribution in [0.2, 0.25) is 0 Å². The number of benzene rings is 1. The first kappa shape index (κ1) is 13.8. The number of halogens is 1. The molecule has 2 aromatic rings. The van der Waals surface area contributed by atoms with E-state index in [0.717, 1.165) is 29.6 Å². The largest absolute Gasteiger partial charge is 0.367 e. The first-order valence-corrected chi connectivity index (χ1v) is 7.97. The van der Waals surface area contributed by atoms with Crippen molar-refractivity contribution in [3.8, 4) is 0 Å². The second-order valence-corrected chi connectivity index (χ2v) is 6.67. The Labute approximate surface area is 128 Å². The van der Waals surface area contributed by atoms with Crippen molar-refractivity contribution in [3.63, 3.8) is 0 Å². The fraction of sp³-hybridized carbons (Fsp3) is 0.438. The minimum atomic E-state index is 0.550. The molecule has 1 aliphatic heterocycles. The molecule has 1 aliphatic rings. The molecule has 1 atom stereocenters. The third-order valence-electron chi connectivity index (χ3n) is 4.01. The Kier molecular flexibility index (Phi) is 3.94. The summed E-state index contributed by atoms with van der Waals surface area (Å²) in [6.07, 6.45) is 1.88. The monoisotopic (exact) mass is 333 g/mol. The lowest BCUT2D eigenvalue weighted by Crippen LogP contribution is -2.53. The topological polar surface area (TPSA) is 28.2 Å². The van der Waals surface area contributed by atoms with Crippen LogP contribution >= 0.6 is 15.9 Å². The third kappa shape index (κ3) is 2.67. The number of hydrogen-bond donors (Lipinski definition) is 1. The number of para-hydroxylation sites is 1. The van der Waals surface area contributed by atoms with Gasteiger partial charge in [-0.1, -0.05) is 26.0 Å². The number of fused-ring (bicyclic) bond motifs is 1. The average Bonchev–Trinajstić information content (AvgIpc) is 2.46. The molecule has 0 amide bonds. The fourth-order valence-electron chi connectivity index (χ4n) is 2.82. The molecule has 0 spiro atoms. The SMILES string of the molecule is CC(C)C1CN(c2cccc3cc(Br)cnc23)CCN1. The summed E-state index contributed by atoms with van der Waals surface area (Å²) in [4.78, 5) is 7.08. The van der Waals surface area contributed by atoms with E-state index in [1.807, 2.05) is 6.20 Å². The molecular weight excluding hydrogens is 314 g/mol. The highest BCUT2D eigenvalue weighted by Gasteiger charge is 2.23. The Bertz CT molecular complexity index is 612. The molecular formula is C16H20BrN3. The van der Waals surface area contributed by atoms with E-state index >= 15 is 0 Å². The van der Waals surface area contributed by atoms with Gasteiger partial charge in [0.2, 0.25) is 0 Å². The van der Waals surface area contributed by atoms with Gasteiger partial charge in [-0.2, -0.15) is 0 Å². The first-order valence-electron chi connectivity index (χ1n) is 7.18. The van der Waals surface area contributed by atoms with Gasteiger partial charge in [0.25, 0.3) is 0 Å². The zero-order chi connectivity index (χ0) is 14.1. The van der Waals surface area contributed by atoms with Crippen LogP contribution in [-0.2, 0) is 0 Å². The summed E-state index contributed by atoms with van der Waals surface area (Å²) >= 11 is 3.50. The van der Waals surface area contributed by atoms with Crippen molar-refractivity contribution >= 4 is 32.5 Å². The van der Waals surface area contributed by atoms with E-state index in [1.54, 1.807) is 0 Å².